The van der Waals surface area contributed by atoms with Gasteiger partial charge in [-0.2, -0.15) is 26.3 Å². The Bertz CT molecular complexity index is 228. The Morgan fingerprint density at radius 3 is 1.69 bits per heavy atom. The first-order chi connectivity index (χ1) is 6.96. The molecule has 96 valence electrons. The molecular formula is C8H10F6O2. The lowest BCUT2D eigenvalue weighted by Gasteiger charge is -2.23. The maximum atomic E-state index is 11.9. The molecule has 0 atom stereocenters. The average molecular weight is 252 g/mol. The number of Topliss-reactive ketones (excluding diaryl/α,β-unsaturated/α-hetero) is 1. The summed E-state index contributed by atoms with van der Waals surface area (Å²) in [5.74, 6) is -1.50. The van der Waals surface area contributed by atoms with E-state index in [0.717, 1.165) is 0 Å². The Morgan fingerprint density at radius 2 is 1.44 bits per heavy atom. The molecule has 8 heteroatoms. The molecule has 0 aliphatic carbocycles. The molecule has 2 nitrogen and oxygen atoms in total. The van der Waals surface area contributed by atoms with Gasteiger partial charge in [0.15, 0.2) is 5.78 Å². The second kappa shape index (κ2) is 5.03. The molecule has 0 aliphatic rings. The smallest absolute Gasteiger partial charge is 0.353 e. The van der Waals surface area contributed by atoms with Crippen LogP contribution >= 0.6 is 0 Å². The summed E-state index contributed by atoms with van der Waals surface area (Å²) in [7, 11) is 0. The number of carbonyl (C=O) groups is 1. The first kappa shape index (κ1) is 15.2. The molecule has 0 radical (unpaired) electrons. The van der Waals surface area contributed by atoms with Crippen molar-refractivity contribution in [1.82, 2.24) is 0 Å². The summed E-state index contributed by atoms with van der Waals surface area (Å²) in [6, 6.07) is 0. The van der Waals surface area contributed by atoms with Crippen LogP contribution in [0.2, 0.25) is 0 Å². The molecule has 0 fully saturated rings. The van der Waals surface area contributed by atoms with E-state index >= 15 is 0 Å². The van der Waals surface area contributed by atoms with E-state index in [1.165, 1.54) is 13.8 Å². The summed E-state index contributed by atoms with van der Waals surface area (Å²) >= 11 is 0. The topological polar surface area (TPSA) is 26.3 Å². The van der Waals surface area contributed by atoms with E-state index in [-0.39, 0.29) is 0 Å². The monoisotopic (exact) mass is 252 g/mol. The number of hydrogen-bond acceptors (Lipinski definition) is 2. The SMILES string of the molecule is CC(C)C(=O)COC(C(F)(F)F)C(F)(F)F. The molecule has 0 aromatic heterocycles. The van der Waals surface area contributed by atoms with Crippen LogP contribution in [0.15, 0.2) is 0 Å². The second-order valence-corrected chi connectivity index (χ2v) is 3.40. The molecule has 0 rings (SSSR count). The summed E-state index contributed by atoms with van der Waals surface area (Å²) in [6.45, 7) is 1.49. The highest BCUT2D eigenvalue weighted by atomic mass is 19.4. The largest absolute Gasteiger partial charge is 0.423 e. The quantitative estimate of drug-likeness (QED) is 0.719. The zero-order valence-electron chi connectivity index (χ0n) is 8.45. The zero-order chi connectivity index (χ0) is 13.1. The van der Waals surface area contributed by atoms with Crippen molar-refractivity contribution in [3.05, 3.63) is 0 Å². The molecule has 0 unspecified atom stereocenters. The van der Waals surface area contributed by atoms with Crippen molar-refractivity contribution in [3.8, 4) is 0 Å². The highest BCUT2D eigenvalue weighted by Gasteiger charge is 2.58. The van der Waals surface area contributed by atoms with Gasteiger partial charge in [-0.05, 0) is 0 Å². The van der Waals surface area contributed by atoms with Crippen molar-refractivity contribution < 1.29 is 35.9 Å². The summed E-state index contributed by atoms with van der Waals surface area (Å²) < 4.78 is 75.1. The number of alkyl halides is 6. The lowest BCUT2D eigenvalue weighted by molar-refractivity contribution is -0.319. The number of hydrogen-bond donors (Lipinski definition) is 0. The van der Waals surface area contributed by atoms with E-state index in [9.17, 15) is 31.1 Å². The summed E-state index contributed by atoms with van der Waals surface area (Å²) in [5, 5.41) is 0. The van der Waals surface area contributed by atoms with Crippen LogP contribution < -0.4 is 0 Å². The number of halogens is 6. The standard InChI is InChI=1S/C8H10F6O2/c1-4(2)5(15)3-16-6(7(9,10)11)8(12,13)14/h4,6H,3H2,1-2H3. The van der Waals surface area contributed by atoms with E-state index < -0.39 is 36.8 Å². The van der Waals surface area contributed by atoms with Gasteiger partial charge in [-0.15, -0.1) is 0 Å². The van der Waals surface area contributed by atoms with Gasteiger partial charge in [0.2, 0.25) is 6.10 Å². The van der Waals surface area contributed by atoms with Crippen molar-refractivity contribution in [2.24, 2.45) is 5.92 Å². The minimum atomic E-state index is -5.57. The summed E-state index contributed by atoms with van der Waals surface area (Å²) in [5.41, 5.74) is 0. The van der Waals surface area contributed by atoms with Crippen LogP contribution in [0.3, 0.4) is 0 Å². The summed E-state index contributed by atoms with van der Waals surface area (Å²) in [4.78, 5) is 10.8. The number of carbonyl (C=O) groups excluding carboxylic acids is 1. The zero-order valence-corrected chi connectivity index (χ0v) is 8.45. The predicted octanol–water partition coefficient (Wildman–Crippen LogP) is 2.72. The summed E-state index contributed by atoms with van der Waals surface area (Å²) in [6.07, 6.45) is -15.1. The molecule has 0 N–H and O–H groups in total. The van der Waals surface area contributed by atoms with Crippen molar-refractivity contribution >= 4 is 5.78 Å². The van der Waals surface area contributed by atoms with Gasteiger partial charge < -0.3 is 4.74 Å². The Balaban J connectivity index is 4.54. The van der Waals surface area contributed by atoms with Crippen molar-refractivity contribution in [2.45, 2.75) is 32.3 Å². The van der Waals surface area contributed by atoms with Gasteiger partial charge in [0.1, 0.15) is 6.61 Å². The molecule has 0 saturated heterocycles. The molecule has 0 amide bonds. The molecule has 0 spiro atoms. The first-order valence-electron chi connectivity index (χ1n) is 4.24. The minimum absolute atomic E-state index is 0.679. The lowest BCUT2D eigenvalue weighted by Crippen LogP contribution is -2.45. The van der Waals surface area contributed by atoms with Gasteiger partial charge in [0.25, 0.3) is 0 Å². The third-order valence-corrected chi connectivity index (χ3v) is 1.63. The van der Waals surface area contributed by atoms with Gasteiger partial charge in [0.05, 0.1) is 0 Å². The maximum Gasteiger partial charge on any atom is 0.423 e. The number of rotatable bonds is 4. The molecule has 0 aliphatic heterocycles. The third-order valence-electron chi connectivity index (χ3n) is 1.63. The number of ketones is 1. The van der Waals surface area contributed by atoms with Crippen molar-refractivity contribution in [2.75, 3.05) is 6.61 Å². The van der Waals surface area contributed by atoms with E-state index in [4.69, 9.17) is 0 Å². The highest BCUT2D eigenvalue weighted by molar-refractivity contribution is 5.81. The van der Waals surface area contributed by atoms with E-state index in [1.54, 1.807) is 0 Å². The molecular weight excluding hydrogens is 242 g/mol. The highest BCUT2D eigenvalue weighted by Crippen LogP contribution is 2.35. The van der Waals surface area contributed by atoms with Gasteiger partial charge >= 0.3 is 12.4 Å². The Hall–Kier alpha value is -0.790. The van der Waals surface area contributed by atoms with E-state index in [1.807, 2.05) is 0 Å². The van der Waals surface area contributed by atoms with Crippen LogP contribution in [0.5, 0.6) is 0 Å². The van der Waals surface area contributed by atoms with Crippen LogP contribution in [0.1, 0.15) is 13.8 Å². The normalized spacial score (nSPS) is 13.6. The van der Waals surface area contributed by atoms with Crippen LogP contribution in [-0.4, -0.2) is 30.8 Å². The number of ether oxygens (including phenoxy) is 1. The lowest BCUT2D eigenvalue weighted by atomic mass is 10.1. The fourth-order valence-corrected chi connectivity index (χ4v) is 0.707. The average Bonchev–Trinajstić information content (AvgIpc) is 1.98. The Labute approximate surface area is 87.6 Å². The van der Waals surface area contributed by atoms with Crippen LogP contribution in [0.4, 0.5) is 26.3 Å². The van der Waals surface area contributed by atoms with Crippen LogP contribution in [0, 0.1) is 5.92 Å². The maximum absolute atomic E-state index is 11.9. The molecule has 0 saturated carbocycles. The van der Waals surface area contributed by atoms with Crippen LogP contribution in [-0.2, 0) is 9.53 Å². The predicted molar refractivity (Wildman–Crippen MR) is 41.7 cm³/mol. The Kier molecular flexibility index (Phi) is 4.78. The van der Waals surface area contributed by atoms with Crippen molar-refractivity contribution in [1.29, 1.82) is 0 Å². The van der Waals surface area contributed by atoms with E-state index in [0.29, 0.717) is 0 Å². The van der Waals surface area contributed by atoms with Crippen LogP contribution in [0.25, 0.3) is 0 Å². The Morgan fingerprint density at radius 1 is 1.06 bits per heavy atom. The molecule has 16 heavy (non-hydrogen) atoms. The van der Waals surface area contributed by atoms with Gasteiger partial charge in [0, 0.05) is 5.92 Å². The molecule has 0 aromatic rings. The van der Waals surface area contributed by atoms with Gasteiger partial charge in [-0.1, -0.05) is 13.8 Å². The second-order valence-electron chi connectivity index (χ2n) is 3.40. The molecule has 0 bridgehead atoms. The van der Waals surface area contributed by atoms with E-state index in [2.05, 4.69) is 4.74 Å². The van der Waals surface area contributed by atoms with Gasteiger partial charge in [-0.25, -0.2) is 0 Å². The van der Waals surface area contributed by atoms with Crippen molar-refractivity contribution in [3.63, 3.8) is 0 Å². The fraction of sp³-hybridized carbons (Fsp3) is 0.875. The minimum Gasteiger partial charge on any atom is -0.353 e. The fourth-order valence-electron chi connectivity index (χ4n) is 0.707. The first-order valence-corrected chi connectivity index (χ1v) is 4.24. The van der Waals surface area contributed by atoms with Gasteiger partial charge in [-0.3, -0.25) is 4.79 Å². The third kappa shape index (κ3) is 4.82. The molecule has 0 aromatic carbocycles. The molecule has 0 heterocycles.